The fraction of sp³-hybridized carbons (Fsp3) is 1.00. The molecule has 1 aliphatic carbocycles. The van der Waals surface area contributed by atoms with Gasteiger partial charge in [-0.15, -0.1) is 0 Å². The fourth-order valence-electron chi connectivity index (χ4n) is 4.39. The van der Waals surface area contributed by atoms with E-state index in [1.807, 2.05) is 0 Å². The molecule has 2 aliphatic heterocycles. The lowest BCUT2D eigenvalue weighted by Gasteiger charge is -2.33. The topological polar surface area (TPSA) is 6.48 Å². The summed E-state index contributed by atoms with van der Waals surface area (Å²) in [4.78, 5) is 5.60. The molecule has 2 heterocycles. The van der Waals surface area contributed by atoms with Crippen LogP contribution in [0.2, 0.25) is 0 Å². The Labute approximate surface area is 106 Å². The molecule has 17 heavy (non-hydrogen) atoms. The predicted octanol–water partition coefficient (Wildman–Crippen LogP) is 2.59. The van der Waals surface area contributed by atoms with Crippen molar-refractivity contribution in [1.29, 1.82) is 0 Å². The third-order valence-electron chi connectivity index (χ3n) is 5.73. The van der Waals surface area contributed by atoms with Crippen LogP contribution in [-0.4, -0.2) is 48.1 Å². The summed E-state index contributed by atoms with van der Waals surface area (Å²) in [6, 6.07) is 1.78. The Bertz CT molecular complexity index is 266. The van der Waals surface area contributed by atoms with E-state index in [2.05, 4.69) is 23.6 Å². The van der Waals surface area contributed by atoms with Crippen LogP contribution in [0, 0.1) is 11.8 Å². The van der Waals surface area contributed by atoms with Crippen molar-refractivity contribution >= 4 is 0 Å². The fourth-order valence-corrected chi connectivity index (χ4v) is 4.39. The second kappa shape index (κ2) is 4.89. The van der Waals surface area contributed by atoms with Crippen molar-refractivity contribution in [2.24, 2.45) is 11.8 Å². The van der Waals surface area contributed by atoms with Gasteiger partial charge in [0.1, 0.15) is 0 Å². The number of fused-ring (bicyclic) bond motifs is 1. The van der Waals surface area contributed by atoms with Crippen molar-refractivity contribution in [3.8, 4) is 0 Å². The third-order valence-corrected chi connectivity index (χ3v) is 5.73. The van der Waals surface area contributed by atoms with E-state index in [-0.39, 0.29) is 0 Å². The molecule has 3 aliphatic rings. The smallest absolute Gasteiger partial charge is 0.0223 e. The molecule has 2 saturated heterocycles. The first-order valence-electron chi connectivity index (χ1n) is 7.74. The first kappa shape index (κ1) is 12.0. The minimum absolute atomic E-state index is 0.889. The number of nitrogens with zero attached hydrogens (tertiary/aromatic N) is 2. The zero-order chi connectivity index (χ0) is 11.8. The highest BCUT2D eigenvalue weighted by atomic mass is 15.3. The van der Waals surface area contributed by atoms with E-state index < -0.39 is 0 Å². The Hall–Kier alpha value is -0.0800. The van der Waals surface area contributed by atoms with E-state index >= 15 is 0 Å². The molecule has 0 aromatic carbocycles. The molecule has 1 saturated carbocycles. The molecule has 0 bridgehead atoms. The SMILES string of the molecule is CC1CCC(N2CCCN3CCCC3C2)C1C. The summed E-state index contributed by atoms with van der Waals surface area (Å²) in [5.41, 5.74) is 0. The molecule has 98 valence electrons. The van der Waals surface area contributed by atoms with Crippen LogP contribution in [0.1, 0.15) is 46.0 Å². The van der Waals surface area contributed by atoms with Gasteiger partial charge in [-0.3, -0.25) is 9.80 Å². The Morgan fingerprint density at radius 3 is 2.35 bits per heavy atom. The highest BCUT2D eigenvalue weighted by Crippen LogP contribution is 2.36. The maximum Gasteiger partial charge on any atom is 0.0223 e. The van der Waals surface area contributed by atoms with Crippen molar-refractivity contribution in [3.63, 3.8) is 0 Å². The molecule has 0 radical (unpaired) electrons. The van der Waals surface area contributed by atoms with E-state index in [1.165, 1.54) is 58.3 Å². The van der Waals surface area contributed by atoms with Crippen molar-refractivity contribution in [2.75, 3.05) is 26.2 Å². The van der Waals surface area contributed by atoms with Crippen LogP contribution in [0.25, 0.3) is 0 Å². The lowest BCUT2D eigenvalue weighted by molar-refractivity contribution is 0.141. The Kier molecular flexibility index (Phi) is 3.45. The van der Waals surface area contributed by atoms with Crippen molar-refractivity contribution in [3.05, 3.63) is 0 Å². The molecule has 4 unspecified atom stereocenters. The number of hydrogen-bond donors (Lipinski definition) is 0. The molecular formula is C15H28N2. The molecule has 4 atom stereocenters. The first-order chi connectivity index (χ1) is 8.25. The van der Waals surface area contributed by atoms with Crippen LogP contribution in [-0.2, 0) is 0 Å². The molecule has 2 nitrogen and oxygen atoms in total. The third kappa shape index (κ3) is 2.26. The second-order valence-electron chi connectivity index (χ2n) is 6.66. The predicted molar refractivity (Wildman–Crippen MR) is 72.1 cm³/mol. The van der Waals surface area contributed by atoms with Gasteiger partial charge in [0.05, 0.1) is 0 Å². The molecule has 2 heteroatoms. The van der Waals surface area contributed by atoms with E-state index in [0.29, 0.717) is 0 Å². The Balaban J connectivity index is 1.66. The van der Waals surface area contributed by atoms with Crippen LogP contribution in [0.3, 0.4) is 0 Å². The van der Waals surface area contributed by atoms with Gasteiger partial charge in [-0.1, -0.05) is 13.8 Å². The van der Waals surface area contributed by atoms with Gasteiger partial charge < -0.3 is 0 Å². The van der Waals surface area contributed by atoms with Crippen LogP contribution >= 0.6 is 0 Å². The molecule has 0 aromatic rings. The summed E-state index contributed by atoms with van der Waals surface area (Å²) in [6.07, 6.45) is 7.20. The number of hydrogen-bond acceptors (Lipinski definition) is 2. The highest BCUT2D eigenvalue weighted by molar-refractivity contribution is 4.92. The molecule has 3 fully saturated rings. The van der Waals surface area contributed by atoms with E-state index in [0.717, 1.165) is 23.9 Å². The Morgan fingerprint density at radius 2 is 1.59 bits per heavy atom. The summed E-state index contributed by atoms with van der Waals surface area (Å²) in [5.74, 6) is 1.87. The van der Waals surface area contributed by atoms with Gasteiger partial charge in [-0.2, -0.15) is 0 Å². The molecular weight excluding hydrogens is 208 g/mol. The maximum atomic E-state index is 2.85. The summed E-state index contributed by atoms with van der Waals surface area (Å²) in [5, 5.41) is 0. The second-order valence-corrected chi connectivity index (χ2v) is 6.66. The van der Waals surface area contributed by atoms with Crippen molar-refractivity contribution < 1.29 is 0 Å². The summed E-state index contributed by atoms with van der Waals surface area (Å²) < 4.78 is 0. The maximum absolute atomic E-state index is 2.85. The van der Waals surface area contributed by atoms with Gasteiger partial charge in [-0.25, -0.2) is 0 Å². The van der Waals surface area contributed by atoms with Crippen molar-refractivity contribution in [1.82, 2.24) is 9.80 Å². The van der Waals surface area contributed by atoms with E-state index in [4.69, 9.17) is 0 Å². The normalized spacial score (nSPS) is 44.8. The van der Waals surface area contributed by atoms with Crippen LogP contribution in [0.15, 0.2) is 0 Å². The van der Waals surface area contributed by atoms with Gasteiger partial charge in [0.25, 0.3) is 0 Å². The average Bonchev–Trinajstić information content (AvgIpc) is 2.82. The number of rotatable bonds is 1. The molecule has 3 rings (SSSR count). The molecule has 0 N–H and O–H groups in total. The lowest BCUT2D eigenvalue weighted by Crippen LogP contribution is -2.43. The monoisotopic (exact) mass is 236 g/mol. The van der Waals surface area contributed by atoms with E-state index in [1.54, 1.807) is 0 Å². The quantitative estimate of drug-likeness (QED) is 0.690. The van der Waals surface area contributed by atoms with Gasteiger partial charge in [0.2, 0.25) is 0 Å². The zero-order valence-corrected chi connectivity index (χ0v) is 11.6. The molecule has 0 aromatic heterocycles. The Morgan fingerprint density at radius 1 is 0.824 bits per heavy atom. The minimum atomic E-state index is 0.889. The lowest BCUT2D eigenvalue weighted by atomic mass is 9.96. The zero-order valence-electron chi connectivity index (χ0n) is 11.6. The van der Waals surface area contributed by atoms with Crippen molar-refractivity contribution in [2.45, 2.75) is 58.0 Å². The first-order valence-corrected chi connectivity index (χ1v) is 7.74. The van der Waals surface area contributed by atoms with Crippen LogP contribution in [0.5, 0.6) is 0 Å². The molecule has 0 amide bonds. The minimum Gasteiger partial charge on any atom is -0.299 e. The molecule has 0 spiro atoms. The van der Waals surface area contributed by atoms with Gasteiger partial charge in [0.15, 0.2) is 0 Å². The summed E-state index contributed by atoms with van der Waals surface area (Å²) >= 11 is 0. The standard InChI is InChI=1S/C15H28N2/c1-12-6-7-15(13(12)2)17-10-4-9-16-8-3-5-14(16)11-17/h12-15H,3-11H2,1-2H3. The van der Waals surface area contributed by atoms with Crippen LogP contribution < -0.4 is 0 Å². The van der Waals surface area contributed by atoms with E-state index in [9.17, 15) is 0 Å². The van der Waals surface area contributed by atoms with Crippen LogP contribution in [0.4, 0.5) is 0 Å². The highest BCUT2D eigenvalue weighted by Gasteiger charge is 2.37. The average molecular weight is 236 g/mol. The summed E-state index contributed by atoms with van der Waals surface area (Å²) in [6.45, 7) is 10.4. The van der Waals surface area contributed by atoms with Gasteiger partial charge >= 0.3 is 0 Å². The van der Waals surface area contributed by atoms with Gasteiger partial charge in [0, 0.05) is 18.6 Å². The largest absolute Gasteiger partial charge is 0.299 e. The van der Waals surface area contributed by atoms with Gasteiger partial charge in [-0.05, 0) is 63.6 Å². The summed E-state index contributed by atoms with van der Waals surface area (Å²) in [7, 11) is 0.